The number of aliphatic hydroxyl groups is 1. The van der Waals surface area contributed by atoms with E-state index in [4.69, 9.17) is 34.8 Å². The molecule has 4 nitrogen and oxygen atoms in total. The van der Waals surface area contributed by atoms with E-state index < -0.39 is 16.1 Å². The number of allylic oxidation sites excluding steroid dienone is 1. The van der Waals surface area contributed by atoms with E-state index in [-0.39, 0.29) is 24.3 Å². The lowest BCUT2D eigenvalue weighted by molar-refractivity contribution is 0.223. The van der Waals surface area contributed by atoms with Crippen molar-refractivity contribution in [2.75, 3.05) is 0 Å². The van der Waals surface area contributed by atoms with Crippen molar-refractivity contribution < 1.29 is 13.5 Å². The Morgan fingerprint density at radius 1 is 1.17 bits per heavy atom. The third-order valence-corrected chi connectivity index (χ3v) is 7.08. The first-order valence-corrected chi connectivity index (χ1v) is 9.63. The quantitative estimate of drug-likeness (QED) is 0.800. The summed E-state index contributed by atoms with van der Waals surface area (Å²) in [4.78, 5) is 0. The lowest BCUT2D eigenvalue weighted by Crippen LogP contribution is -2.15. The van der Waals surface area contributed by atoms with Gasteiger partial charge in [0.15, 0.2) is 0 Å². The maximum absolute atomic E-state index is 12.4. The Labute approximate surface area is 151 Å². The Kier molecular flexibility index (Phi) is 4.57. The van der Waals surface area contributed by atoms with Gasteiger partial charge in [-0.2, -0.15) is 12.8 Å². The van der Waals surface area contributed by atoms with E-state index in [1.807, 2.05) is 0 Å². The summed E-state index contributed by atoms with van der Waals surface area (Å²) in [5.74, 6) is 0. The number of nitrogens with zero attached hydrogens (tertiary/aromatic N) is 1. The Bertz CT molecular complexity index is 928. The van der Waals surface area contributed by atoms with E-state index in [1.54, 1.807) is 24.3 Å². The van der Waals surface area contributed by atoms with E-state index in [9.17, 15) is 13.5 Å². The average Bonchev–Trinajstić information content (AvgIpc) is 2.85. The largest absolute Gasteiger partial charge is 0.383 e. The molecule has 1 aromatic heterocycles. The van der Waals surface area contributed by atoms with Crippen molar-refractivity contribution in [3.05, 3.63) is 61.9 Å². The minimum absolute atomic E-state index is 0.0619. The number of aliphatic hydroxyl groups excluding tert-OH is 1. The fraction of sp³-hybridized carbons (Fsp3) is 0.0714. The molecule has 0 saturated heterocycles. The predicted octanol–water partition coefficient (Wildman–Crippen LogP) is 4.40. The smallest absolute Gasteiger partial charge is 0.292 e. The molecule has 0 bridgehead atoms. The zero-order chi connectivity index (χ0) is 16.8. The summed E-state index contributed by atoms with van der Waals surface area (Å²) in [6, 6.07) is 8.03. The van der Waals surface area contributed by atoms with E-state index in [0.717, 1.165) is 11.3 Å². The molecule has 2 aromatic rings. The number of fused-ring (bicyclic) bond motifs is 1. The Balaban J connectivity index is 2.15. The summed E-state index contributed by atoms with van der Waals surface area (Å²) < 4.78 is 28.8. The van der Waals surface area contributed by atoms with Crippen LogP contribution in [0.15, 0.2) is 50.0 Å². The van der Waals surface area contributed by atoms with Gasteiger partial charge in [0.1, 0.15) is 14.6 Å². The van der Waals surface area contributed by atoms with Gasteiger partial charge in [-0.3, -0.25) is 0 Å². The molecule has 1 aliphatic rings. The molecule has 1 aliphatic carbocycles. The summed E-state index contributed by atoms with van der Waals surface area (Å²) in [6.45, 7) is 0. The molecule has 9 heteroatoms. The molecule has 0 aliphatic heterocycles. The normalized spacial score (nSPS) is 19.6. The fourth-order valence-corrected chi connectivity index (χ4v) is 5.18. The van der Waals surface area contributed by atoms with Crippen molar-refractivity contribution in [3.8, 4) is 0 Å². The van der Waals surface area contributed by atoms with Crippen molar-refractivity contribution in [3.63, 3.8) is 0 Å². The molecule has 1 heterocycles. The second-order valence-electron chi connectivity index (χ2n) is 4.66. The number of halogens is 3. The van der Waals surface area contributed by atoms with Crippen LogP contribution in [0.2, 0.25) is 9.36 Å². The summed E-state index contributed by atoms with van der Waals surface area (Å²) in [6.07, 6.45) is 0.336. The van der Waals surface area contributed by atoms with Gasteiger partial charge in [-0.15, -0.1) is 11.3 Å². The maximum atomic E-state index is 12.4. The molecule has 0 radical (unpaired) electrons. The fourth-order valence-electron chi connectivity index (χ4n) is 2.11. The van der Waals surface area contributed by atoms with Crippen LogP contribution >= 0.6 is 46.1 Å². The predicted molar refractivity (Wildman–Crippen MR) is 93.4 cm³/mol. The highest BCUT2D eigenvalue weighted by atomic mass is 35.5. The molecule has 0 fully saturated rings. The number of rotatable bonds is 2. The number of benzene rings is 1. The van der Waals surface area contributed by atoms with Crippen molar-refractivity contribution in [2.45, 2.75) is 10.3 Å². The molecular weight excluding hydrogens is 401 g/mol. The molecule has 1 aromatic carbocycles. The van der Waals surface area contributed by atoms with Crippen LogP contribution in [-0.2, 0) is 10.0 Å². The number of sulfonamides is 1. The van der Waals surface area contributed by atoms with Crippen LogP contribution < -0.4 is 0 Å². The first-order chi connectivity index (χ1) is 10.8. The van der Waals surface area contributed by atoms with Crippen LogP contribution in [-0.4, -0.2) is 19.2 Å². The van der Waals surface area contributed by atoms with Gasteiger partial charge in [0.05, 0.1) is 15.8 Å². The lowest BCUT2D eigenvalue weighted by Gasteiger charge is -2.20. The van der Waals surface area contributed by atoms with E-state index in [0.29, 0.717) is 11.1 Å². The number of hydrogen-bond acceptors (Lipinski definition) is 4. The third kappa shape index (κ3) is 3.20. The summed E-state index contributed by atoms with van der Waals surface area (Å²) in [7, 11) is -3.99. The second kappa shape index (κ2) is 6.20. The summed E-state index contributed by atoms with van der Waals surface area (Å²) in [5, 5.41) is 10.3. The molecule has 3 rings (SSSR count). The van der Waals surface area contributed by atoms with Crippen molar-refractivity contribution >= 4 is 61.9 Å². The number of thiophene rings is 1. The van der Waals surface area contributed by atoms with E-state index in [1.165, 1.54) is 12.1 Å². The molecule has 0 amide bonds. The van der Waals surface area contributed by atoms with Crippen LogP contribution in [0.5, 0.6) is 0 Å². The molecule has 23 heavy (non-hydrogen) atoms. The third-order valence-electron chi connectivity index (χ3n) is 3.16. The standard InChI is InChI=1S/C14H8Cl3NO3S2/c15-9-5-11(7-3-1-2-4-8(7)13(9)19)18-23(20,21)12-6-10(16)14(17)22-12/h1-6,13,19H. The van der Waals surface area contributed by atoms with Crippen molar-refractivity contribution in [2.24, 2.45) is 4.40 Å². The Morgan fingerprint density at radius 3 is 2.52 bits per heavy atom. The highest BCUT2D eigenvalue weighted by Gasteiger charge is 2.26. The van der Waals surface area contributed by atoms with Crippen LogP contribution in [0.25, 0.3) is 0 Å². The minimum Gasteiger partial charge on any atom is -0.383 e. The minimum atomic E-state index is -3.99. The zero-order valence-corrected chi connectivity index (χ0v) is 15.1. The maximum Gasteiger partial charge on any atom is 0.292 e. The van der Waals surface area contributed by atoms with E-state index >= 15 is 0 Å². The van der Waals surface area contributed by atoms with Crippen LogP contribution in [0.1, 0.15) is 17.2 Å². The number of hydrogen-bond donors (Lipinski definition) is 1. The van der Waals surface area contributed by atoms with Gasteiger partial charge in [0.25, 0.3) is 10.0 Å². The highest BCUT2D eigenvalue weighted by molar-refractivity contribution is 7.92. The van der Waals surface area contributed by atoms with Crippen LogP contribution in [0.3, 0.4) is 0 Å². The van der Waals surface area contributed by atoms with Gasteiger partial charge in [-0.1, -0.05) is 59.1 Å². The molecule has 0 spiro atoms. The van der Waals surface area contributed by atoms with E-state index in [2.05, 4.69) is 4.40 Å². The van der Waals surface area contributed by atoms with Gasteiger partial charge < -0.3 is 5.11 Å². The van der Waals surface area contributed by atoms with Gasteiger partial charge in [-0.05, 0) is 17.7 Å². The Hall–Kier alpha value is -0.890. The molecule has 1 unspecified atom stereocenters. The van der Waals surface area contributed by atoms with Gasteiger partial charge in [0, 0.05) is 5.56 Å². The Morgan fingerprint density at radius 2 is 1.87 bits per heavy atom. The molecule has 1 atom stereocenters. The van der Waals surface area contributed by atoms with Crippen molar-refractivity contribution in [1.29, 1.82) is 0 Å². The first kappa shape index (κ1) is 17.0. The lowest BCUT2D eigenvalue weighted by atomic mass is 9.93. The van der Waals surface area contributed by atoms with Crippen molar-refractivity contribution in [1.82, 2.24) is 0 Å². The summed E-state index contributed by atoms with van der Waals surface area (Å²) >= 11 is 18.4. The molecule has 1 N–H and O–H groups in total. The first-order valence-electron chi connectivity index (χ1n) is 6.24. The van der Waals surface area contributed by atoms with Gasteiger partial charge in [-0.25, -0.2) is 0 Å². The molecular formula is C14H8Cl3NO3S2. The van der Waals surface area contributed by atoms with Gasteiger partial charge >= 0.3 is 0 Å². The van der Waals surface area contributed by atoms with Crippen LogP contribution in [0, 0.1) is 0 Å². The molecule has 120 valence electrons. The zero-order valence-electron chi connectivity index (χ0n) is 11.2. The summed E-state index contributed by atoms with van der Waals surface area (Å²) in [5.41, 5.74) is 1.15. The highest BCUT2D eigenvalue weighted by Crippen LogP contribution is 2.37. The van der Waals surface area contributed by atoms with Gasteiger partial charge in [0.2, 0.25) is 0 Å². The average molecular weight is 409 g/mol. The topological polar surface area (TPSA) is 66.7 Å². The monoisotopic (exact) mass is 407 g/mol. The molecule has 0 saturated carbocycles. The van der Waals surface area contributed by atoms with Crippen LogP contribution in [0.4, 0.5) is 0 Å². The second-order valence-corrected chi connectivity index (χ2v) is 8.99. The SMILES string of the molecule is O=S(=O)(N=C1C=C(Cl)C(O)c2ccccc21)c1cc(Cl)c(Cl)s1.